The number of likely N-dealkylation sites (N-methyl/N-ethyl adjacent to an activating group) is 1. The summed E-state index contributed by atoms with van der Waals surface area (Å²) in [6, 6.07) is 4.13. The lowest BCUT2D eigenvalue weighted by molar-refractivity contribution is -0.139. The molecular formula is C18H23NO4. The average Bonchev–Trinajstić information content (AvgIpc) is 2.52. The number of Topliss-reactive ketones (excluding diaryl/α,β-unsaturated/α-hetero) is 1. The standard InChI is InChI=1S/C18H23NO4/c1-19-6-5-18-9-14(21)13(20)8-11(18)12(19)7-10-3-4-15(23-2)17(22)16(10)18/h3-4,11-12,14,21-22H,5-9H2,1-2H3. The maximum absolute atomic E-state index is 12.1. The van der Waals surface area contributed by atoms with Gasteiger partial charge in [0.15, 0.2) is 17.3 Å². The van der Waals surface area contributed by atoms with Crippen molar-refractivity contribution >= 4 is 5.78 Å². The third-order valence-corrected chi connectivity index (χ3v) is 6.38. The number of hydrogen-bond acceptors (Lipinski definition) is 5. The van der Waals surface area contributed by atoms with Crippen LogP contribution in [-0.4, -0.2) is 53.7 Å². The van der Waals surface area contributed by atoms with E-state index in [1.54, 1.807) is 7.11 Å². The number of aliphatic hydroxyl groups is 1. The Morgan fingerprint density at radius 1 is 1.35 bits per heavy atom. The highest BCUT2D eigenvalue weighted by molar-refractivity contribution is 5.85. The molecule has 3 aliphatic rings. The molecule has 1 aromatic carbocycles. The number of aromatic hydroxyl groups is 1. The van der Waals surface area contributed by atoms with Gasteiger partial charge >= 0.3 is 0 Å². The summed E-state index contributed by atoms with van der Waals surface area (Å²) < 4.78 is 5.30. The second kappa shape index (κ2) is 4.95. The molecule has 2 aliphatic carbocycles. The van der Waals surface area contributed by atoms with Crippen LogP contribution >= 0.6 is 0 Å². The first-order valence-electron chi connectivity index (χ1n) is 8.28. The second-order valence-corrected chi connectivity index (χ2v) is 7.31. The number of fused-ring (bicyclic) bond motifs is 1. The van der Waals surface area contributed by atoms with Crippen LogP contribution in [0.4, 0.5) is 0 Å². The van der Waals surface area contributed by atoms with Gasteiger partial charge in [-0.1, -0.05) is 6.07 Å². The predicted octanol–water partition coefficient (Wildman–Crippen LogP) is 1.24. The van der Waals surface area contributed by atoms with Gasteiger partial charge in [-0.15, -0.1) is 0 Å². The monoisotopic (exact) mass is 317 g/mol. The third kappa shape index (κ3) is 1.90. The minimum atomic E-state index is -0.924. The van der Waals surface area contributed by atoms with E-state index in [1.165, 1.54) is 0 Å². The SMILES string of the molecule is COc1ccc2c(c1O)C13CCN(C)C(C2)C1CC(=O)C(O)C3. The Morgan fingerprint density at radius 3 is 2.87 bits per heavy atom. The van der Waals surface area contributed by atoms with E-state index in [4.69, 9.17) is 4.74 Å². The number of methoxy groups -OCH3 is 1. The number of ether oxygens (including phenoxy) is 1. The van der Waals surface area contributed by atoms with E-state index >= 15 is 0 Å². The molecule has 124 valence electrons. The molecule has 2 bridgehead atoms. The van der Waals surface area contributed by atoms with Crippen molar-refractivity contribution in [3.63, 3.8) is 0 Å². The van der Waals surface area contributed by atoms with Gasteiger partial charge in [-0.05, 0) is 50.4 Å². The molecule has 1 aliphatic heterocycles. The molecule has 0 spiro atoms. The molecular weight excluding hydrogens is 294 g/mol. The number of carbonyl (C=O) groups is 1. The van der Waals surface area contributed by atoms with Gasteiger partial charge in [0, 0.05) is 23.4 Å². The van der Waals surface area contributed by atoms with Crippen LogP contribution in [0.25, 0.3) is 0 Å². The van der Waals surface area contributed by atoms with Crippen LogP contribution in [0.5, 0.6) is 11.5 Å². The smallest absolute Gasteiger partial charge is 0.161 e. The van der Waals surface area contributed by atoms with Gasteiger partial charge in [0.25, 0.3) is 0 Å². The molecule has 4 rings (SSSR count). The maximum atomic E-state index is 12.1. The van der Waals surface area contributed by atoms with Crippen molar-refractivity contribution in [2.45, 2.75) is 43.2 Å². The topological polar surface area (TPSA) is 70.0 Å². The van der Waals surface area contributed by atoms with Crippen molar-refractivity contribution in [3.05, 3.63) is 23.3 Å². The molecule has 5 nitrogen and oxygen atoms in total. The largest absolute Gasteiger partial charge is 0.504 e. The van der Waals surface area contributed by atoms with E-state index in [9.17, 15) is 15.0 Å². The Kier molecular flexibility index (Phi) is 3.22. The van der Waals surface area contributed by atoms with Crippen molar-refractivity contribution in [3.8, 4) is 11.5 Å². The molecule has 0 radical (unpaired) electrons. The summed E-state index contributed by atoms with van der Waals surface area (Å²) in [5.74, 6) is 0.764. The number of likely N-dealkylation sites (tertiary alicyclic amines) is 1. The minimum absolute atomic E-state index is 0.0586. The van der Waals surface area contributed by atoms with E-state index in [2.05, 4.69) is 11.9 Å². The molecule has 2 N–H and O–H groups in total. The lowest BCUT2D eigenvalue weighted by atomic mass is 9.51. The van der Waals surface area contributed by atoms with Crippen LogP contribution in [0.1, 0.15) is 30.4 Å². The van der Waals surface area contributed by atoms with E-state index in [0.717, 1.165) is 30.5 Å². The average molecular weight is 317 g/mol. The fraction of sp³-hybridized carbons (Fsp3) is 0.611. The number of phenolic OH excluding ortho intramolecular Hbond substituents is 1. The first-order chi connectivity index (χ1) is 11.0. The number of carbonyl (C=O) groups excluding carboxylic acids is 1. The quantitative estimate of drug-likeness (QED) is 0.815. The molecule has 0 amide bonds. The zero-order valence-electron chi connectivity index (χ0n) is 13.6. The van der Waals surface area contributed by atoms with Crippen LogP contribution in [0.15, 0.2) is 12.1 Å². The Balaban J connectivity index is 1.94. The van der Waals surface area contributed by atoms with Crippen LogP contribution in [-0.2, 0) is 16.6 Å². The molecule has 5 heteroatoms. The van der Waals surface area contributed by atoms with Gasteiger partial charge in [0.05, 0.1) is 7.11 Å². The summed E-state index contributed by atoms with van der Waals surface area (Å²) in [4.78, 5) is 14.5. The Hall–Kier alpha value is -1.59. The third-order valence-electron chi connectivity index (χ3n) is 6.38. The Labute approximate surface area is 135 Å². The summed E-state index contributed by atoms with van der Waals surface area (Å²) in [6.45, 7) is 0.915. The molecule has 1 saturated heterocycles. The number of aliphatic hydroxyl groups excluding tert-OH is 1. The molecule has 1 saturated carbocycles. The van der Waals surface area contributed by atoms with Crippen molar-refractivity contribution < 1.29 is 19.7 Å². The Bertz CT molecular complexity index is 673. The van der Waals surface area contributed by atoms with Crippen LogP contribution < -0.4 is 4.74 Å². The highest BCUT2D eigenvalue weighted by Crippen LogP contribution is 2.58. The first kappa shape index (κ1) is 15.0. The number of nitrogens with zero attached hydrogens (tertiary/aromatic N) is 1. The molecule has 23 heavy (non-hydrogen) atoms. The van der Waals surface area contributed by atoms with Gasteiger partial charge in [-0.3, -0.25) is 4.79 Å². The molecule has 4 unspecified atom stereocenters. The summed E-state index contributed by atoms with van der Waals surface area (Å²) in [5, 5.41) is 21.0. The fourth-order valence-electron chi connectivity index (χ4n) is 5.24. The van der Waals surface area contributed by atoms with Crippen LogP contribution in [0, 0.1) is 5.92 Å². The number of ketones is 1. The first-order valence-corrected chi connectivity index (χ1v) is 8.28. The lowest BCUT2D eigenvalue weighted by Gasteiger charge is -2.58. The molecule has 4 atom stereocenters. The van der Waals surface area contributed by atoms with Gasteiger partial charge in [-0.2, -0.15) is 0 Å². The van der Waals surface area contributed by atoms with E-state index in [-0.39, 0.29) is 22.9 Å². The van der Waals surface area contributed by atoms with E-state index < -0.39 is 6.10 Å². The van der Waals surface area contributed by atoms with Crippen molar-refractivity contribution in [1.29, 1.82) is 0 Å². The van der Waals surface area contributed by atoms with Gasteiger partial charge in [0.2, 0.25) is 0 Å². The number of rotatable bonds is 1. The summed E-state index contributed by atoms with van der Waals surface area (Å²) >= 11 is 0. The van der Waals surface area contributed by atoms with Crippen molar-refractivity contribution in [2.24, 2.45) is 5.92 Å². The lowest BCUT2D eigenvalue weighted by Crippen LogP contribution is -2.63. The zero-order valence-corrected chi connectivity index (χ0v) is 13.6. The Morgan fingerprint density at radius 2 is 2.13 bits per heavy atom. The normalized spacial score (nSPS) is 36.3. The molecule has 2 fully saturated rings. The molecule has 0 aromatic heterocycles. The highest BCUT2D eigenvalue weighted by Gasteiger charge is 2.58. The second-order valence-electron chi connectivity index (χ2n) is 7.31. The molecule has 1 aromatic rings. The van der Waals surface area contributed by atoms with Crippen LogP contribution in [0.2, 0.25) is 0 Å². The number of piperidine rings is 1. The fourth-order valence-corrected chi connectivity index (χ4v) is 5.24. The number of phenols is 1. The zero-order chi connectivity index (χ0) is 16.4. The van der Waals surface area contributed by atoms with Gasteiger partial charge in [-0.25, -0.2) is 0 Å². The van der Waals surface area contributed by atoms with Gasteiger partial charge in [0.1, 0.15) is 6.10 Å². The van der Waals surface area contributed by atoms with Crippen molar-refractivity contribution in [1.82, 2.24) is 4.90 Å². The maximum Gasteiger partial charge on any atom is 0.161 e. The number of hydrogen-bond donors (Lipinski definition) is 2. The van der Waals surface area contributed by atoms with Crippen LogP contribution in [0.3, 0.4) is 0 Å². The number of benzene rings is 1. The van der Waals surface area contributed by atoms with Crippen molar-refractivity contribution in [2.75, 3.05) is 20.7 Å². The summed E-state index contributed by atoms with van der Waals surface area (Å²) in [7, 11) is 3.66. The summed E-state index contributed by atoms with van der Waals surface area (Å²) in [6.07, 6.45) is 1.56. The highest BCUT2D eigenvalue weighted by atomic mass is 16.5. The van der Waals surface area contributed by atoms with Gasteiger partial charge < -0.3 is 19.8 Å². The predicted molar refractivity (Wildman–Crippen MR) is 84.8 cm³/mol. The van der Waals surface area contributed by atoms with E-state index in [1.807, 2.05) is 12.1 Å². The molecule has 1 heterocycles. The minimum Gasteiger partial charge on any atom is -0.504 e. The van der Waals surface area contributed by atoms with E-state index in [0.29, 0.717) is 24.6 Å². The summed E-state index contributed by atoms with van der Waals surface area (Å²) in [5.41, 5.74) is 1.71.